The molecule has 1 atom stereocenters. The highest BCUT2D eigenvalue weighted by molar-refractivity contribution is 7.89. The van der Waals surface area contributed by atoms with Crippen molar-refractivity contribution in [2.24, 2.45) is 5.14 Å². The van der Waals surface area contributed by atoms with E-state index in [0.29, 0.717) is 5.69 Å². The minimum absolute atomic E-state index is 0.137. The predicted molar refractivity (Wildman–Crippen MR) is 89.2 cm³/mol. The third kappa shape index (κ3) is 4.87. The van der Waals surface area contributed by atoms with Gasteiger partial charge in [0.15, 0.2) is 0 Å². The van der Waals surface area contributed by atoms with Crippen molar-refractivity contribution in [2.75, 3.05) is 11.1 Å². The molecule has 0 radical (unpaired) electrons. The first-order valence-electron chi connectivity index (χ1n) is 6.33. The van der Waals surface area contributed by atoms with Gasteiger partial charge in [-0.25, -0.2) is 13.6 Å². The summed E-state index contributed by atoms with van der Waals surface area (Å²) in [6, 6.07) is 12.5. The summed E-state index contributed by atoms with van der Waals surface area (Å²) in [5.41, 5.74) is 0.595. The molecule has 2 aromatic rings. The smallest absolute Gasteiger partial charge is 0.239 e. The molecule has 0 heterocycles. The summed E-state index contributed by atoms with van der Waals surface area (Å²) >= 11 is 5.83. The van der Waals surface area contributed by atoms with Crippen molar-refractivity contribution < 1.29 is 17.4 Å². The number of carbonyl (C=O) groups is 1. The number of hydrogen-bond donors (Lipinski definition) is 2. The molecule has 122 valence electrons. The lowest BCUT2D eigenvalue weighted by Crippen LogP contribution is -2.19. The zero-order valence-corrected chi connectivity index (χ0v) is 14.1. The monoisotopic (exact) mass is 372 g/mol. The molecule has 1 amide bonds. The molecule has 0 bridgehead atoms. The molecule has 0 saturated heterocycles. The summed E-state index contributed by atoms with van der Waals surface area (Å²) in [7, 11) is -5.61. The van der Waals surface area contributed by atoms with Crippen LogP contribution < -0.4 is 10.5 Å². The van der Waals surface area contributed by atoms with Gasteiger partial charge >= 0.3 is 0 Å². The van der Waals surface area contributed by atoms with Gasteiger partial charge in [-0.05, 0) is 30.3 Å². The summed E-state index contributed by atoms with van der Waals surface area (Å²) in [6.07, 6.45) is 0. The van der Waals surface area contributed by atoms with E-state index in [1.165, 1.54) is 18.2 Å². The van der Waals surface area contributed by atoms with Crippen LogP contribution in [-0.4, -0.2) is 24.3 Å². The van der Waals surface area contributed by atoms with E-state index < -0.39 is 26.7 Å². The summed E-state index contributed by atoms with van der Waals surface area (Å²) in [6.45, 7) is 0. The van der Waals surface area contributed by atoms with Crippen LogP contribution in [0.25, 0.3) is 0 Å². The lowest BCUT2D eigenvalue weighted by atomic mass is 10.3. The molecule has 6 nitrogen and oxygen atoms in total. The van der Waals surface area contributed by atoms with Crippen LogP contribution in [0.2, 0.25) is 5.02 Å². The van der Waals surface area contributed by atoms with Gasteiger partial charge in [-0.2, -0.15) is 0 Å². The first-order chi connectivity index (χ1) is 10.8. The molecule has 0 aliphatic rings. The molecule has 2 aromatic carbocycles. The molecule has 0 fully saturated rings. The number of nitrogens with one attached hydrogen (secondary N) is 1. The molecule has 0 aromatic heterocycles. The number of carbonyl (C=O) groups excluding carboxylic acids is 1. The van der Waals surface area contributed by atoms with Crippen molar-refractivity contribution in [3.8, 4) is 0 Å². The maximum Gasteiger partial charge on any atom is 0.239 e. The molecule has 1 unspecified atom stereocenters. The molecule has 0 saturated carbocycles. The first kappa shape index (κ1) is 17.6. The Morgan fingerprint density at radius 2 is 1.83 bits per heavy atom. The van der Waals surface area contributed by atoms with Crippen LogP contribution in [0.5, 0.6) is 0 Å². The predicted octanol–water partition coefficient (Wildman–Crippen LogP) is 1.73. The van der Waals surface area contributed by atoms with Gasteiger partial charge in [-0.1, -0.05) is 29.8 Å². The second-order valence-electron chi connectivity index (χ2n) is 4.54. The maximum atomic E-state index is 12.2. The van der Waals surface area contributed by atoms with Crippen molar-refractivity contribution in [1.29, 1.82) is 0 Å². The summed E-state index contributed by atoms with van der Waals surface area (Å²) in [5.74, 6) is -0.707. The second-order valence-corrected chi connectivity index (χ2v) is 7.93. The Bertz CT molecular complexity index is 854. The zero-order chi connectivity index (χ0) is 17.0. The van der Waals surface area contributed by atoms with Gasteiger partial charge in [0.1, 0.15) is 10.6 Å². The zero-order valence-electron chi connectivity index (χ0n) is 11.7. The summed E-state index contributed by atoms with van der Waals surface area (Å²) in [4.78, 5) is 11.8. The fourth-order valence-electron chi connectivity index (χ4n) is 1.77. The number of para-hydroxylation sites is 1. The maximum absolute atomic E-state index is 12.2. The minimum Gasteiger partial charge on any atom is -0.325 e. The van der Waals surface area contributed by atoms with Crippen LogP contribution in [0.15, 0.2) is 58.3 Å². The third-order valence-corrected chi connectivity index (χ3v) is 5.49. The van der Waals surface area contributed by atoms with Crippen molar-refractivity contribution in [3.05, 3.63) is 53.6 Å². The normalized spacial score (nSPS) is 12.6. The Kier molecular flexibility index (Phi) is 5.53. The van der Waals surface area contributed by atoms with E-state index in [9.17, 15) is 17.4 Å². The Labute approximate surface area is 141 Å². The first-order valence-corrected chi connectivity index (χ1v) is 9.57. The molecule has 0 spiro atoms. The quantitative estimate of drug-likeness (QED) is 0.833. The minimum atomic E-state index is -3.95. The van der Waals surface area contributed by atoms with Crippen molar-refractivity contribution in [2.45, 2.75) is 9.79 Å². The number of anilines is 1. The van der Waals surface area contributed by atoms with E-state index >= 15 is 0 Å². The molecule has 0 aliphatic heterocycles. The van der Waals surface area contributed by atoms with Crippen LogP contribution in [0.3, 0.4) is 0 Å². The number of halogens is 1. The van der Waals surface area contributed by atoms with Gasteiger partial charge in [0.05, 0.1) is 15.8 Å². The molecular formula is C14H13ClN2O4S2. The molecule has 9 heteroatoms. The Morgan fingerprint density at radius 3 is 2.39 bits per heavy atom. The van der Waals surface area contributed by atoms with E-state index in [1.807, 2.05) is 6.07 Å². The lowest BCUT2D eigenvalue weighted by molar-refractivity contribution is -0.113. The summed E-state index contributed by atoms with van der Waals surface area (Å²) in [5, 5.41) is 7.47. The van der Waals surface area contributed by atoms with Gasteiger partial charge in [0, 0.05) is 10.6 Å². The number of primary sulfonamides is 1. The van der Waals surface area contributed by atoms with Crippen molar-refractivity contribution in [1.82, 2.24) is 0 Å². The fraction of sp³-hybridized carbons (Fsp3) is 0.0714. The van der Waals surface area contributed by atoms with Crippen LogP contribution >= 0.6 is 11.6 Å². The van der Waals surface area contributed by atoms with Crippen LogP contribution in [0, 0.1) is 0 Å². The fourth-order valence-corrected chi connectivity index (χ4v) is 3.88. The van der Waals surface area contributed by atoms with E-state index in [0.717, 1.165) is 0 Å². The number of sulfonamides is 1. The number of hydrogen-bond acceptors (Lipinski definition) is 4. The summed E-state index contributed by atoms with van der Waals surface area (Å²) < 4.78 is 34.7. The van der Waals surface area contributed by atoms with E-state index in [1.54, 1.807) is 24.3 Å². The highest BCUT2D eigenvalue weighted by Crippen LogP contribution is 2.23. The van der Waals surface area contributed by atoms with Gasteiger partial charge < -0.3 is 5.32 Å². The van der Waals surface area contributed by atoms with Crippen LogP contribution in [0.1, 0.15) is 0 Å². The number of rotatable bonds is 5. The number of nitrogens with two attached hydrogens (primary N) is 1. The van der Waals surface area contributed by atoms with Crippen LogP contribution in [-0.2, 0) is 25.6 Å². The molecule has 23 heavy (non-hydrogen) atoms. The molecule has 3 N–H and O–H groups in total. The van der Waals surface area contributed by atoms with Crippen LogP contribution in [0.4, 0.5) is 5.69 Å². The van der Waals surface area contributed by atoms with Gasteiger partial charge in [0.25, 0.3) is 0 Å². The standard InChI is InChI=1S/C14H13ClN2O4S2/c15-12-8-11(6-7-13(12)23(16,20)21)22(19)9-14(18)17-10-4-2-1-3-5-10/h1-8H,9H2,(H,17,18)(H2,16,20,21). The van der Waals surface area contributed by atoms with Gasteiger partial charge in [-0.3, -0.25) is 9.00 Å². The topological polar surface area (TPSA) is 106 Å². The molecule has 2 rings (SSSR count). The highest BCUT2D eigenvalue weighted by Gasteiger charge is 2.16. The number of amides is 1. The molecular weight excluding hydrogens is 360 g/mol. The second kappa shape index (κ2) is 7.22. The average Bonchev–Trinajstić information content (AvgIpc) is 2.46. The van der Waals surface area contributed by atoms with Crippen molar-refractivity contribution >= 4 is 44.0 Å². The van der Waals surface area contributed by atoms with Crippen molar-refractivity contribution in [3.63, 3.8) is 0 Å². The highest BCUT2D eigenvalue weighted by atomic mass is 35.5. The van der Waals surface area contributed by atoms with Gasteiger partial charge in [0.2, 0.25) is 15.9 Å². The number of benzene rings is 2. The largest absolute Gasteiger partial charge is 0.325 e. The van der Waals surface area contributed by atoms with Gasteiger partial charge in [-0.15, -0.1) is 0 Å². The Morgan fingerprint density at radius 1 is 1.17 bits per heavy atom. The van der Waals surface area contributed by atoms with E-state index in [4.69, 9.17) is 16.7 Å². The van der Waals surface area contributed by atoms with E-state index in [2.05, 4.69) is 5.32 Å². The van der Waals surface area contributed by atoms with E-state index in [-0.39, 0.29) is 20.6 Å². The SMILES string of the molecule is NS(=O)(=O)c1ccc(S(=O)CC(=O)Nc2ccccc2)cc1Cl. The average molecular weight is 373 g/mol. The third-order valence-electron chi connectivity index (χ3n) is 2.79. The lowest BCUT2D eigenvalue weighted by Gasteiger charge is -2.07. The molecule has 0 aliphatic carbocycles. The Balaban J connectivity index is 2.09. The Hall–Kier alpha value is -1.74.